The van der Waals surface area contributed by atoms with Gasteiger partial charge in [-0.15, -0.1) is 11.3 Å². The molecule has 0 bridgehead atoms. The highest BCUT2D eigenvalue weighted by Gasteiger charge is 2.19. The number of carbonyl (C=O) groups is 1. The molecule has 1 saturated carbocycles. The molecule has 0 N–H and O–H groups in total. The fraction of sp³-hybridized carbons (Fsp3) is 0.615. The summed E-state index contributed by atoms with van der Waals surface area (Å²) in [6.45, 7) is 1.95. The van der Waals surface area contributed by atoms with Gasteiger partial charge in [-0.25, -0.2) is 0 Å². The van der Waals surface area contributed by atoms with Gasteiger partial charge in [-0.3, -0.25) is 4.79 Å². The summed E-state index contributed by atoms with van der Waals surface area (Å²) in [5.41, 5.74) is 1.03. The second-order valence-corrected chi connectivity index (χ2v) is 6.35. The molecule has 0 amide bonds. The number of aryl methyl sites for hydroxylation is 1. The van der Waals surface area contributed by atoms with Gasteiger partial charge in [-0.2, -0.15) is 0 Å². The normalized spacial score (nSPS) is 17.6. The molecule has 1 nitrogen and oxygen atoms in total. The van der Waals surface area contributed by atoms with Crippen molar-refractivity contribution in [1.82, 2.24) is 0 Å². The Balaban J connectivity index is 1.96. The fourth-order valence-corrected chi connectivity index (χ4v) is 3.50. The lowest BCUT2D eigenvalue weighted by molar-refractivity contribution is 0.0954. The average molecular weight is 257 g/mol. The molecule has 1 aliphatic rings. The third-order valence-electron chi connectivity index (χ3n) is 3.33. The van der Waals surface area contributed by atoms with Crippen molar-refractivity contribution in [2.45, 2.75) is 45.4 Å². The zero-order valence-electron chi connectivity index (χ0n) is 9.59. The Morgan fingerprint density at radius 2 is 2.12 bits per heavy atom. The maximum absolute atomic E-state index is 12.0. The van der Waals surface area contributed by atoms with Crippen molar-refractivity contribution in [3.63, 3.8) is 0 Å². The lowest BCUT2D eigenvalue weighted by Gasteiger charge is -2.20. The lowest BCUT2D eigenvalue weighted by atomic mass is 9.85. The molecule has 0 radical (unpaired) electrons. The van der Waals surface area contributed by atoms with Crippen LogP contribution in [0.25, 0.3) is 0 Å². The summed E-state index contributed by atoms with van der Waals surface area (Å²) in [4.78, 5) is 12.9. The van der Waals surface area contributed by atoms with Crippen molar-refractivity contribution in [2.24, 2.45) is 5.92 Å². The van der Waals surface area contributed by atoms with E-state index in [-0.39, 0.29) is 5.78 Å². The first-order valence-electron chi connectivity index (χ1n) is 5.96. The minimum atomic E-state index is 0.284. The van der Waals surface area contributed by atoms with E-state index in [1.165, 1.54) is 43.4 Å². The summed E-state index contributed by atoms with van der Waals surface area (Å²) in [5, 5.41) is 0. The summed E-state index contributed by atoms with van der Waals surface area (Å²) < 4.78 is 0.756. The number of halogens is 1. The highest BCUT2D eigenvalue weighted by atomic mass is 35.5. The molecule has 0 unspecified atom stereocenters. The first-order chi connectivity index (χ1) is 7.66. The highest BCUT2D eigenvalue weighted by molar-refractivity contribution is 7.18. The van der Waals surface area contributed by atoms with E-state index >= 15 is 0 Å². The molecule has 16 heavy (non-hydrogen) atoms. The summed E-state index contributed by atoms with van der Waals surface area (Å²) in [6.07, 6.45) is 7.10. The average Bonchev–Trinajstić information content (AvgIpc) is 2.61. The molecule has 0 aromatic carbocycles. The molecular formula is C13H17ClOS. The molecule has 0 atom stereocenters. The standard InChI is InChI=1S/C13H17ClOS/c1-9-7-12(16-13(9)14)11(15)8-10-5-3-2-4-6-10/h7,10H,2-6,8H2,1H3. The Morgan fingerprint density at radius 3 is 2.69 bits per heavy atom. The van der Waals surface area contributed by atoms with Gasteiger partial charge >= 0.3 is 0 Å². The SMILES string of the molecule is Cc1cc(C(=O)CC2CCCCC2)sc1Cl. The Morgan fingerprint density at radius 1 is 1.44 bits per heavy atom. The first-order valence-corrected chi connectivity index (χ1v) is 7.15. The molecule has 0 saturated heterocycles. The topological polar surface area (TPSA) is 17.1 Å². The van der Waals surface area contributed by atoms with Crippen LogP contribution in [0.15, 0.2) is 6.07 Å². The molecule has 88 valence electrons. The lowest BCUT2D eigenvalue weighted by Crippen LogP contribution is -2.11. The minimum Gasteiger partial charge on any atom is -0.293 e. The largest absolute Gasteiger partial charge is 0.293 e. The molecule has 1 aromatic heterocycles. The second-order valence-electron chi connectivity index (χ2n) is 4.70. The van der Waals surface area contributed by atoms with Crippen LogP contribution in [0.3, 0.4) is 0 Å². The summed E-state index contributed by atoms with van der Waals surface area (Å²) in [5.74, 6) is 0.898. The molecule has 0 spiro atoms. The molecule has 1 aromatic rings. The summed E-state index contributed by atoms with van der Waals surface area (Å²) in [7, 11) is 0. The van der Waals surface area contributed by atoms with E-state index in [0.29, 0.717) is 5.92 Å². The molecule has 0 aliphatic heterocycles. The van der Waals surface area contributed by atoms with E-state index < -0.39 is 0 Å². The molecule has 1 aliphatic carbocycles. The van der Waals surface area contributed by atoms with Crippen LogP contribution in [0.1, 0.15) is 53.8 Å². The number of hydrogen-bond acceptors (Lipinski definition) is 2. The Hall–Kier alpha value is -0.340. The molecule has 2 rings (SSSR count). The van der Waals surface area contributed by atoms with Crippen molar-refractivity contribution in [3.05, 3.63) is 20.8 Å². The number of hydrogen-bond donors (Lipinski definition) is 0. The van der Waals surface area contributed by atoms with Gasteiger partial charge in [0, 0.05) is 6.42 Å². The van der Waals surface area contributed by atoms with Gasteiger partial charge in [0.25, 0.3) is 0 Å². The summed E-state index contributed by atoms with van der Waals surface area (Å²) in [6, 6.07) is 1.93. The van der Waals surface area contributed by atoms with E-state index in [9.17, 15) is 4.79 Å². The van der Waals surface area contributed by atoms with Gasteiger partial charge in [0.15, 0.2) is 5.78 Å². The van der Waals surface area contributed by atoms with Gasteiger partial charge in [0.05, 0.1) is 9.21 Å². The zero-order valence-corrected chi connectivity index (χ0v) is 11.2. The quantitative estimate of drug-likeness (QED) is 0.706. The highest BCUT2D eigenvalue weighted by Crippen LogP contribution is 2.31. The van der Waals surface area contributed by atoms with Crippen molar-refractivity contribution >= 4 is 28.7 Å². The van der Waals surface area contributed by atoms with E-state index in [2.05, 4.69) is 0 Å². The van der Waals surface area contributed by atoms with E-state index in [4.69, 9.17) is 11.6 Å². The van der Waals surface area contributed by atoms with Crippen LogP contribution in [0.2, 0.25) is 4.34 Å². The van der Waals surface area contributed by atoms with Crippen LogP contribution in [0.4, 0.5) is 0 Å². The maximum Gasteiger partial charge on any atom is 0.173 e. The van der Waals surface area contributed by atoms with E-state index in [1.807, 2.05) is 13.0 Å². The van der Waals surface area contributed by atoms with Crippen LogP contribution in [-0.2, 0) is 0 Å². The van der Waals surface area contributed by atoms with Crippen LogP contribution in [-0.4, -0.2) is 5.78 Å². The predicted octanol–water partition coefficient (Wildman–Crippen LogP) is 4.86. The summed E-state index contributed by atoms with van der Waals surface area (Å²) >= 11 is 7.41. The third kappa shape index (κ3) is 2.86. The van der Waals surface area contributed by atoms with Crippen molar-refractivity contribution in [2.75, 3.05) is 0 Å². The Labute approximate surface area is 106 Å². The van der Waals surface area contributed by atoms with Gasteiger partial charge in [0.2, 0.25) is 0 Å². The predicted molar refractivity (Wildman–Crippen MR) is 69.6 cm³/mol. The Bertz CT molecular complexity index is 358. The zero-order chi connectivity index (χ0) is 11.5. The number of rotatable bonds is 3. The van der Waals surface area contributed by atoms with Crippen molar-refractivity contribution in [3.8, 4) is 0 Å². The third-order valence-corrected chi connectivity index (χ3v) is 4.93. The second kappa shape index (κ2) is 5.33. The van der Waals surface area contributed by atoms with E-state index in [0.717, 1.165) is 21.2 Å². The Kier molecular flexibility index (Phi) is 4.04. The number of Topliss-reactive ketones (excluding diaryl/α,β-unsaturated/α-hetero) is 1. The smallest absolute Gasteiger partial charge is 0.173 e. The monoisotopic (exact) mass is 256 g/mol. The van der Waals surface area contributed by atoms with Gasteiger partial charge < -0.3 is 0 Å². The molecule has 1 fully saturated rings. The number of ketones is 1. The van der Waals surface area contributed by atoms with Crippen LogP contribution in [0.5, 0.6) is 0 Å². The molecule has 1 heterocycles. The van der Waals surface area contributed by atoms with Gasteiger partial charge in [-0.1, -0.05) is 43.7 Å². The van der Waals surface area contributed by atoms with Crippen molar-refractivity contribution in [1.29, 1.82) is 0 Å². The minimum absolute atomic E-state index is 0.284. The van der Waals surface area contributed by atoms with Crippen LogP contribution in [0, 0.1) is 12.8 Å². The van der Waals surface area contributed by atoms with E-state index in [1.54, 1.807) is 0 Å². The first kappa shape index (κ1) is 12.1. The molecular weight excluding hydrogens is 240 g/mol. The maximum atomic E-state index is 12.0. The number of thiophene rings is 1. The fourth-order valence-electron chi connectivity index (χ4n) is 2.35. The number of carbonyl (C=O) groups excluding carboxylic acids is 1. The van der Waals surface area contributed by atoms with Crippen LogP contribution >= 0.6 is 22.9 Å². The molecule has 3 heteroatoms. The van der Waals surface area contributed by atoms with Crippen LogP contribution < -0.4 is 0 Å². The van der Waals surface area contributed by atoms with Crippen molar-refractivity contribution < 1.29 is 4.79 Å². The van der Waals surface area contributed by atoms with Gasteiger partial charge in [0.1, 0.15) is 0 Å². The van der Waals surface area contributed by atoms with Gasteiger partial charge in [-0.05, 0) is 24.5 Å².